The second kappa shape index (κ2) is 12.0. The van der Waals surface area contributed by atoms with Crippen molar-refractivity contribution in [3.63, 3.8) is 0 Å². The topological polar surface area (TPSA) is 77.1 Å². The molecule has 9 heteroatoms. The van der Waals surface area contributed by atoms with Crippen molar-refractivity contribution in [3.05, 3.63) is 71.2 Å². The van der Waals surface area contributed by atoms with E-state index >= 15 is 0 Å². The monoisotopic (exact) mass is 585 g/mol. The molecule has 3 aliphatic rings. The minimum Gasteiger partial charge on any atom is -0.334 e. The van der Waals surface area contributed by atoms with Crippen LogP contribution in [0.15, 0.2) is 60.7 Å². The first kappa shape index (κ1) is 28.6. The maximum atomic E-state index is 14.2. The number of carbonyl (C=O) groups excluding carboxylic acids is 3. The lowest BCUT2D eigenvalue weighted by Gasteiger charge is -2.48. The Labute approximate surface area is 251 Å². The van der Waals surface area contributed by atoms with Crippen molar-refractivity contribution in [2.45, 2.75) is 63.8 Å². The maximum absolute atomic E-state index is 14.2. The number of hydrogen-bond donors (Lipinski definition) is 0. The van der Waals surface area contributed by atoms with Crippen LogP contribution in [0.5, 0.6) is 0 Å². The van der Waals surface area contributed by atoms with Gasteiger partial charge < -0.3 is 19.6 Å². The summed E-state index contributed by atoms with van der Waals surface area (Å²) in [5.74, 6) is -0.123. The molecule has 6 rings (SSSR count). The molecule has 3 saturated heterocycles. The molecule has 4 heterocycles. The Hall–Kier alpha value is -3.56. The third-order valence-electron chi connectivity index (χ3n) is 8.81. The fourth-order valence-corrected chi connectivity index (χ4v) is 7.57. The Morgan fingerprint density at radius 2 is 1.71 bits per heavy atom. The molecule has 8 nitrogen and oxygen atoms in total. The Bertz CT molecular complexity index is 1450. The van der Waals surface area contributed by atoms with Gasteiger partial charge in [-0.1, -0.05) is 56.3 Å². The second-order valence-corrected chi connectivity index (χ2v) is 13.3. The minimum atomic E-state index is -0.640. The molecule has 0 saturated carbocycles. The van der Waals surface area contributed by atoms with E-state index in [1.807, 2.05) is 59.5 Å². The lowest BCUT2D eigenvalue weighted by Crippen LogP contribution is -2.66. The van der Waals surface area contributed by atoms with E-state index < -0.39 is 18.2 Å². The zero-order valence-electron chi connectivity index (χ0n) is 24.6. The van der Waals surface area contributed by atoms with Gasteiger partial charge in [0, 0.05) is 18.5 Å². The number of piperidine rings is 1. The fourth-order valence-electron chi connectivity index (χ4n) is 6.70. The van der Waals surface area contributed by atoms with Crippen LogP contribution in [0.3, 0.4) is 0 Å². The van der Waals surface area contributed by atoms with Gasteiger partial charge in [-0.2, -0.15) is 0 Å². The average Bonchev–Trinajstić information content (AvgIpc) is 3.52. The Balaban J connectivity index is 1.35. The van der Waals surface area contributed by atoms with Gasteiger partial charge in [0.15, 0.2) is 0 Å². The molecule has 3 atom stereocenters. The van der Waals surface area contributed by atoms with E-state index in [0.717, 1.165) is 46.7 Å². The van der Waals surface area contributed by atoms with Gasteiger partial charge in [0.2, 0.25) is 17.7 Å². The van der Waals surface area contributed by atoms with Crippen LogP contribution in [0.25, 0.3) is 16.3 Å². The number of benzene rings is 2. The molecule has 3 amide bonds. The molecule has 0 spiro atoms. The highest BCUT2D eigenvalue weighted by atomic mass is 32.1. The molecule has 3 aliphatic heterocycles. The quantitative estimate of drug-likeness (QED) is 0.387. The largest absolute Gasteiger partial charge is 0.334 e. The van der Waals surface area contributed by atoms with Crippen molar-refractivity contribution in [1.29, 1.82) is 0 Å². The number of hydrogen-bond acceptors (Lipinski definition) is 6. The molecule has 3 fully saturated rings. The van der Waals surface area contributed by atoms with Crippen LogP contribution >= 0.6 is 11.3 Å². The normalized spacial score (nSPS) is 24.0. The number of likely N-dealkylation sites (tertiary alicyclic amines) is 1. The van der Waals surface area contributed by atoms with Gasteiger partial charge >= 0.3 is 0 Å². The Morgan fingerprint density at radius 1 is 1.00 bits per heavy atom. The second-order valence-electron chi connectivity index (χ2n) is 12.2. The molecular formula is C33H39N5O3S. The standard InChI is InChI=1S/C33H39N5O3S/c1-22(2)19-26-33(41)38-27(20-23-9-5-4-6-10-23)32(40)36(24-15-17-35(3)18-16-24)21-30(38)37(26)31(39)14-13-29-34-25-11-7-8-12-28(25)42-29/h4-14,22,24,26-27,30H,15-21H2,1-3H3/b14-13+/t26-,27+,30-/m1/s1. The number of amides is 3. The summed E-state index contributed by atoms with van der Waals surface area (Å²) in [5.41, 5.74) is 1.91. The third kappa shape index (κ3) is 5.60. The predicted octanol–water partition coefficient (Wildman–Crippen LogP) is 4.27. The van der Waals surface area contributed by atoms with Gasteiger partial charge in [0.25, 0.3) is 0 Å². The van der Waals surface area contributed by atoms with Crippen LogP contribution in [0.2, 0.25) is 0 Å². The van der Waals surface area contributed by atoms with Gasteiger partial charge in [0.1, 0.15) is 23.3 Å². The molecule has 220 valence electrons. The van der Waals surface area contributed by atoms with Crippen molar-refractivity contribution in [3.8, 4) is 0 Å². The van der Waals surface area contributed by atoms with Gasteiger partial charge in [-0.3, -0.25) is 14.4 Å². The van der Waals surface area contributed by atoms with E-state index in [-0.39, 0.29) is 29.7 Å². The van der Waals surface area contributed by atoms with Crippen molar-refractivity contribution in [2.75, 3.05) is 26.7 Å². The number of aromatic nitrogens is 1. The van der Waals surface area contributed by atoms with E-state index in [1.54, 1.807) is 22.0 Å². The molecule has 0 N–H and O–H groups in total. The van der Waals surface area contributed by atoms with Gasteiger partial charge in [-0.15, -0.1) is 11.3 Å². The highest BCUT2D eigenvalue weighted by Crippen LogP contribution is 2.36. The zero-order chi connectivity index (χ0) is 29.4. The summed E-state index contributed by atoms with van der Waals surface area (Å²) in [6, 6.07) is 16.7. The van der Waals surface area contributed by atoms with Crippen LogP contribution < -0.4 is 0 Å². The molecule has 3 aromatic rings. The number of fused-ring (bicyclic) bond motifs is 2. The first-order valence-electron chi connectivity index (χ1n) is 15.0. The lowest BCUT2D eigenvalue weighted by molar-refractivity contribution is -0.158. The van der Waals surface area contributed by atoms with Gasteiger partial charge in [0.05, 0.1) is 16.8 Å². The Morgan fingerprint density at radius 3 is 2.43 bits per heavy atom. The summed E-state index contributed by atoms with van der Waals surface area (Å²) in [7, 11) is 2.11. The Kier molecular flexibility index (Phi) is 8.14. The van der Waals surface area contributed by atoms with Gasteiger partial charge in [-0.05, 0) is 69.1 Å². The van der Waals surface area contributed by atoms with Crippen LogP contribution in [0.1, 0.15) is 43.7 Å². The van der Waals surface area contributed by atoms with Crippen molar-refractivity contribution >= 4 is 45.4 Å². The molecule has 0 aliphatic carbocycles. The molecule has 0 unspecified atom stereocenters. The molecule has 0 radical (unpaired) electrons. The summed E-state index contributed by atoms with van der Waals surface area (Å²) in [5, 5.41) is 0.751. The maximum Gasteiger partial charge on any atom is 0.249 e. The number of carbonyl (C=O) groups is 3. The van der Waals surface area contributed by atoms with Crippen LogP contribution in [0.4, 0.5) is 0 Å². The number of piperazine rings is 1. The summed E-state index contributed by atoms with van der Waals surface area (Å²) < 4.78 is 1.06. The van der Waals surface area contributed by atoms with E-state index in [9.17, 15) is 14.4 Å². The van der Waals surface area contributed by atoms with Gasteiger partial charge in [-0.25, -0.2) is 4.98 Å². The van der Waals surface area contributed by atoms with E-state index in [1.165, 1.54) is 11.3 Å². The number of nitrogens with zero attached hydrogens (tertiary/aromatic N) is 5. The third-order valence-corrected chi connectivity index (χ3v) is 9.81. The van der Waals surface area contributed by atoms with Crippen molar-refractivity contribution in [1.82, 2.24) is 24.6 Å². The summed E-state index contributed by atoms with van der Waals surface area (Å²) in [6.45, 7) is 6.34. The van der Waals surface area contributed by atoms with E-state index in [4.69, 9.17) is 0 Å². The average molecular weight is 586 g/mol. The molecule has 2 aromatic carbocycles. The number of thiazole rings is 1. The van der Waals surface area contributed by atoms with Crippen LogP contribution in [0, 0.1) is 5.92 Å². The van der Waals surface area contributed by atoms with E-state index in [2.05, 4.69) is 30.8 Å². The summed E-state index contributed by atoms with van der Waals surface area (Å²) in [6.07, 6.45) is 5.58. The first-order valence-corrected chi connectivity index (χ1v) is 15.8. The number of rotatable bonds is 7. The first-order chi connectivity index (χ1) is 20.3. The van der Waals surface area contributed by atoms with Crippen LogP contribution in [-0.4, -0.2) is 93.3 Å². The molecule has 0 bridgehead atoms. The van der Waals surface area contributed by atoms with Crippen molar-refractivity contribution < 1.29 is 14.4 Å². The lowest BCUT2D eigenvalue weighted by atomic mass is 9.96. The molecule has 1 aromatic heterocycles. The molecule has 42 heavy (non-hydrogen) atoms. The fraction of sp³-hybridized carbons (Fsp3) is 0.455. The summed E-state index contributed by atoms with van der Waals surface area (Å²) in [4.78, 5) is 54.8. The highest BCUT2D eigenvalue weighted by molar-refractivity contribution is 7.19. The SMILES string of the molecule is CC(C)C[C@@H]1C(=O)N2[C@H](CN(C3CCN(C)CC3)C(=O)[C@@H]2Cc2ccccc2)N1C(=O)/C=C/c1nc2ccccc2s1. The van der Waals surface area contributed by atoms with Crippen molar-refractivity contribution in [2.24, 2.45) is 5.92 Å². The molecular weight excluding hydrogens is 546 g/mol. The van der Waals surface area contributed by atoms with E-state index in [0.29, 0.717) is 19.4 Å². The smallest absolute Gasteiger partial charge is 0.249 e. The predicted molar refractivity (Wildman–Crippen MR) is 166 cm³/mol. The number of para-hydroxylation sites is 1. The zero-order valence-corrected chi connectivity index (χ0v) is 25.4. The highest BCUT2D eigenvalue weighted by Gasteiger charge is 2.56. The van der Waals surface area contributed by atoms with Crippen LogP contribution in [-0.2, 0) is 20.8 Å². The summed E-state index contributed by atoms with van der Waals surface area (Å²) >= 11 is 1.53. The minimum absolute atomic E-state index is 0.000574.